The van der Waals surface area contributed by atoms with Gasteiger partial charge in [0.05, 0.1) is 0 Å². The molecule has 0 saturated heterocycles. The predicted molar refractivity (Wildman–Crippen MR) is 85.4 cm³/mol. The van der Waals surface area contributed by atoms with Crippen LogP contribution in [0.3, 0.4) is 0 Å². The minimum Gasteiger partial charge on any atom is -0.300 e. The van der Waals surface area contributed by atoms with Gasteiger partial charge in [0.2, 0.25) is 0 Å². The topological polar surface area (TPSA) is 17.1 Å². The van der Waals surface area contributed by atoms with Crippen LogP contribution in [0.4, 0.5) is 0 Å². The van der Waals surface area contributed by atoms with Crippen molar-refractivity contribution >= 4 is 5.78 Å². The summed E-state index contributed by atoms with van der Waals surface area (Å²) in [5.74, 6) is 1.66. The standard InChI is InChI=1S/C18H34O/c1-5-7-9-12-16(3)13-10-8-11-14-17(4)15-18(19)6-2/h11,14,16-17H,5-10,12-13,15H2,1-4H3. The van der Waals surface area contributed by atoms with Crippen molar-refractivity contribution in [3.63, 3.8) is 0 Å². The molecule has 2 unspecified atom stereocenters. The average molecular weight is 266 g/mol. The SMILES string of the molecule is CCCCCC(C)CCCC=CC(C)CC(=O)CC. The van der Waals surface area contributed by atoms with Gasteiger partial charge in [0.1, 0.15) is 5.78 Å². The van der Waals surface area contributed by atoms with Crippen LogP contribution in [0.2, 0.25) is 0 Å². The largest absolute Gasteiger partial charge is 0.300 e. The Morgan fingerprint density at radius 3 is 2.37 bits per heavy atom. The quantitative estimate of drug-likeness (QED) is 0.316. The van der Waals surface area contributed by atoms with E-state index in [1.165, 1.54) is 44.9 Å². The molecule has 0 saturated carbocycles. The van der Waals surface area contributed by atoms with Gasteiger partial charge in [-0.15, -0.1) is 0 Å². The molecule has 1 heteroatoms. The van der Waals surface area contributed by atoms with Gasteiger partial charge in [0, 0.05) is 12.8 Å². The van der Waals surface area contributed by atoms with Crippen LogP contribution in [0.5, 0.6) is 0 Å². The van der Waals surface area contributed by atoms with Crippen LogP contribution in [0.15, 0.2) is 12.2 Å². The zero-order valence-corrected chi connectivity index (χ0v) is 13.6. The Labute approximate surface area is 120 Å². The summed E-state index contributed by atoms with van der Waals surface area (Å²) in [6.45, 7) is 8.72. The van der Waals surface area contributed by atoms with Crippen molar-refractivity contribution in [3.8, 4) is 0 Å². The lowest BCUT2D eigenvalue weighted by atomic mass is 9.97. The molecule has 0 aliphatic heterocycles. The second-order valence-corrected chi connectivity index (χ2v) is 6.03. The van der Waals surface area contributed by atoms with E-state index in [2.05, 4.69) is 32.9 Å². The smallest absolute Gasteiger partial charge is 0.133 e. The number of hydrogen-bond acceptors (Lipinski definition) is 1. The minimum atomic E-state index is 0.377. The Bertz CT molecular complexity index is 242. The number of allylic oxidation sites excluding steroid dienone is 2. The molecule has 0 aliphatic carbocycles. The van der Waals surface area contributed by atoms with Crippen molar-refractivity contribution in [2.45, 2.75) is 85.5 Å². The van der Waals surface area contributed by atoms with Crippen LogP contribution >= 0.6 is 0 Å². The molecular formula is C18H34O. The fourth-order valence-electron chi connectivity index (χ4n) is 2.37. The first-order chi connectivity index (χ1) is 9.10. The van der Waals surface area contributed by atoms with Crippen molar-refractivity contribution in [1.29, 1.82) is 0 Å². The summed E-state index contributed by atoms with van der Waals surface area (Å²) in [7, 11) is 0. The van der Waals surface area contributed by atoms with Crippen molar-refractivity contribution < 1.29 is 4.79 Å². The van der Waals surface area contributed by atoms with Gasteiger partial charge in [0.15, 0.2) is 0 Å². The molecule has 0 N–H and O–H groups in total. The van der Waals surface area contributed by atoms with Crippen molar-refractivity contribution in [1.82, 2.24) is 0 Å². The van der Waals surface area contributed by atoms with Crippen LogP contribution in [0.1, 0.15) is 85.5 Å². The minimum absolute atomic E-state index is 0.377. The molecule has 0 rings (SSSR count). The number of carbonyl (C=O) groups is 1. The first kappa shape index (κ1) is 18.4. The van der Waals surface area contributed by atoms with E-state index in [-0.39, 0.29) is 0 Å². The number of Topliss-reactive ketones (excluding diaryl/α,β-unsaturated/α-hetero) is 1. The number of rotatable bonds is 12. The maximum Gasteiger partial charge on any atom is 0.133 e. The van der Waals surface area contributed by atoms with E-state index in [1.807, 2.05) is 6.92 Å². The first-order valence-corrected chi connectivity index (χ1v) is 8.28. The highest BCUT2D eigenvalue weighted by atomic mass is 16.1. The third kappa shape index (κ3) is 12.2. The number of unbranched alkanes of at least 4 members (excludes halogenated alkanes) is 3. The fraction of sp³-hybridized carbons (Fsp3) is 0.833. The lowest BCUT2D eigenvalue weighted by Crippen LogP contribution is -2.01. The third-order valence-corrected chi connectivity index (χ3v) is 3.78. The van der Waals surface area contributed by atoms with Crippen LogP contribution < -0.4 is 0 Å². The van der Waals surface area contributed by atoms with Crippen LogP contribution in [-0.2, 0) is 4.79 Å². The highest BCUT2D eigenvalue weighted by Gasteiger charge is 2.04. The summed E-state index contributed by atoms with van der Waals surface area (Å²) in [6, 6.07) is 0. The molecule has 2 atom stereocenters. The Balaban J connectivity index is 3.53. The van der Waals surface area contributed by atoms with E-state index in [0.717, 1.165) is 5.92 Å². The monoisotopic (exact) mass is 266 g/mol. The summed E-state index contributed by atoms with van der Waals surface area (Å²) >= 11 is 0. The second kappa shape index (κ2) is 12.4. The molecule has 19 heavy (non-hydrogen) atoms. The number of carbonyl (C=O) groups excluding carboxylic acids is 1. The van der Waals surface area contributed by atoms with Crippen LogP contribution in [0, 0.1) is 11.8 Å². The molecule has 0 aromatic heterocycles. The molecule has 0 fully saturated rings. The molecule has 0 aliphatic rings. The zero-order valence-electron chi connectivity index (χ0n) is 13.6. The Hall–Kier alpha value is -0.590. The van der Waals surface area contributed by atoms with Gasteiger partial charge in [-0.25, -0.2) is 0 Å². The van der Waals surface area contributed by atoms with E-state index < -0.39 is 0 Å². The Morgan fingerprint density at radius 1 is 1.05 bits per heavy atom. The molecule has 1 nitrogen and oxygen atoms in total. The molecule has 0 aromatic carbocycles. The zero-order chi connectivity index (χ0) is 14.5. The second-order valence-electron chi connectivity index (χ2n) is 6.03. The van der Waals surface area contributed by atoms with E-state index in [9.17, 15) is 4.79 Å². The van der Waals surface area contributed by atoms with Gasteiger partial charge in [-0.05, 0) is 24.7 Å². The Kier molecular flexibility index (Phi) is 12.1. The van der Waals surface area contributed by atoms with Gasteiger partial charge in [-0.3, -0.25) is 4.79 Å². The highest BCUT2D eigenvalue weighted by molar-refractivity contribution is 5.78. The lowest BCUT2D eigenvalue weighted by molar-refractivity contribution is -0.119. The van der Waals surface area contributed by atoms with Crippen LogP contribution in [0.25, 0.3) is 0 Å². The van der Waals surface area contributed by atoms with E-state index in [1.54, 1.807) is 0 Å². The van der Waals surface area contributed by atoms with Crippen molar-refractivity contribution in [2.24, 2.45) is 11.8 Å². The molecular weight excluding hydrogens is 232 g/mol. The highest BCUT2D eigenvalue weighted by Crippen LogP contribution is 2.16. The maximum absolute atomic E-state index is 11.3. The van der Waals surface area contributed by atoms with Gasteiger partial charge in [-0.1, -0.05) is 72.0 Å². The fourth-order valence-corrected chi connectivity index (χ4v) is 2.37. The predicted octanol–water partition coefficient (Wildman–Crippen LogP) is 5.93. The molecule has 0 spiro atoms. The van der Waals surface area contributed by atoms with E-state index >= 15 is 0 Å². The molecule has 0 aromatic rings. The molecule has 0 amide bonds. The summed E-state index contributed by atoms with van der Waals surface area (Å²) in [6.07, 6.45) is 15.2. The molecule has 0 bridgehead atoms. The van der Waals surface area contributed by atoms with Crippen molar-refractivity contribution in [3.05, 3.63) is 12.2 Å². The summed E-state index contributed by atoms with van der Waals surface area (Å²) in [5.41, 5.74) is 0. The summed E-state index contributed by atoms with van der Waals surface area (Å²) in [4.78, 5) is 11.3. The van der Waals surface area contributed by atoms with Gasteiger partial charge in [-0.2, -0.15) is 0 Å². The molecule has 0 radical (unpaired) electrons. The summed E-state index contributed by atoms with van der Waals surface area (Å²) < 4.78 is 0. The van der Waals surface area contributed by atoms with E-state index in [0.29, 0.717) is 24.5 Å². The van der Waals surface area contributed by atoms with Gasteiger partial charge < -0.3 is 0 Å². The van der Waals surface area contributed by atoms with Gasteiger partial charge >= 0.3 is 0 Å². The average Bonchev–Trinajstić information content (AvgIpc) is 2.38. The lowest BCUT2D eigenvalue weighted by Gasteiger charge is -2.09. The Morgan fingerprint density at radius 2 is 1.74 bits per heavy atom. The van der Waals surface area contributed by atoms with Crippen LogP contribution in [-0.4, -0.2) is 5.78 Å². The normalized spacial score (nSPS) is 14.7. The first-order valence-electron chi connectivity index (χ1n) is 8.28. The molecule has 0 heterocycles. The summed E-state index contributed by atoms with van der Waals surface area (Å²) in [5, 5.41) is 0. The maximum atomic E-state index is 11.3. The van der Waals surface area contributed by atoms with Crippen molar-refractivity contribution in [2.75, 3.05) is 0 Å². The van der Waals surface area contributed by atoms with E-state index in [4.69, 9.17) is 0 Å². The third-order valence-electron chi connectivity index (χ3n) is 3.78. The number of ketones is 1. The van der Waals surface area contributed by atoms with Gasteiger partial charge in [0.25, 0.3) is 0 Å². The number of hydrogen-bond donors (Lipinski definition) is 0. The molecule has 112 valence electrons.